The molecule has 5 rings (SSSR count). The summed E-state index contributed by atoms with van der Waals surface area (Å²) in [6, 6.07) is 18.2. The fourth-order valence-corrected chi connectivity index (χ4v) is 6.44. The predicted octanol–water partition coefficient (Wildman–Crippen LogP) is 1.19. The predicted molar refractivity (Wildman–Crippen MR) is 190 cm³/mol. The zero-order valence-corrected chi connectivity index (χ0v) is 30.7. The first-order valence-electron chi connectivity index (χ1n) is 15.9. The van der Waals surface area contributed by atoms with Gasteiger partial charge in [-0.15, -0.1) is 4.68 Å². The number of nitrogens with zero attached hydrogens (tertiary/aromatic N) is 5. The van der Waals surface area contributed by atoms with Crippen molar-refractivity contribution >= 4 is 67.7 Å². The molecule has 0 unspecified atom stereocenters. The summed E-state index contributed by atoms with van der Waals surface area (Å²) in [6.07, 6.45) is 5.74. The van der Waals surface area contributed by atoms with E-state index in [1.807, 2.05) is 50.4 Å². The van der Waals surface area contributed by atoms with Crippen LogP contribution in [0, 0.1) is 6.92 Å². The maximum atomic E-state index is 12.4. The highest BCUT2D eigenvalue weighted by Crippen LogP contribution is 2.39. The van der Waals surface area contributed by atoms with Crippen LogP contribution in [0.3, 0.4) is 0 Å². The van der Waals surface area contributed by atoms with Crippen LogP contribution in [0.4, 0.5) is 49.2 Å². The summed E-state index contributed by atoms with van der Waals surface area (Å²) >= 11 is 1.41. The molecular weight excluding hydrogens is 701 g/mol. The molecule has 0 bridgehead atoms. The summed E-state index contributed by atoms with van der Waals surface area (Å²) in [5.41, 5.74) is 4.60. The van der Waals surface area contributed by atoms with Gasteiger partial charge in [0.25, 0.3) is 0 Å². The van der Waals surface area contributed by atoms with Crippen molar-refractivity contribution in [3.8, 4) is 5.75 Å². The second-order valence-corrected chi connectivity index (χ2v) is 12.5. The number of amides is 3. The van der Waals surface area contributed by atoms with E-state index in [0.29, 0.717) is 51.9 Å². The van der Waals surface area contributed by atoms with Crippen molar-refractivity contribution in [2.24, 2.45) is 17.3 Å². The molecule has 1 saturated carbocycles. The van der Waals surface area contributed by atoms with Crippen LogP contribution in [-0.2, 0) is 11.8 Å². The fraction of sp³-hybridized carbons (Fsp3) is 0.353. The van der Waals surface area contributed by atoms with E-state index in [9.17, 15) is 14.7 Å². The lowest BCUT2D eigenvalue weighted by molar-refractivity contribution is -0.712. The van der Waals surface area contributed by atoms with E-state index in [4.69, 9.17) is 9.84 Å². The van der Waals surface area contributed by atoms with Gasteiger partial charge in [-0.3, -0.25) is 4.79 Å². The highest BCUT2D eigenvalue weighted by molar-refractivity contribution is 7.18. The SMILES string of the molecule is COc1cc(N=Nc2sc(N(CCO)C3CCCCC3)n[n+]2C)c(NC(C)=O)cc1Nc1ccc(NC(=O)Nc2ccc(C)cc2)cc1.[Cl-].[Cl-]. The Labute approximate surface area is 308 Å². The average molecular weight is 744 g/mol. The average Bonchev–Trinajstić information content (AvgIpc) is 3.44. The van der Waals surface area contributed by atoms with Crippen LogP contribution in [0.5, 0.6) is 5.75 Å². The molecule has 4 aromatic rings. The summed E-state index contributed by atoms with van der Waals surface area (Å²) in [6.45, 7) is 3.97. The summed E-state index contributed by atoms with van der Waals surface area (Å²) < 4.78 is 7.35. The van der Waals surface area contributed by atoms with E-state index < -0.39 is 0 Å². The number of anilines is 6. The van der Waals surface area contributed by atoms with Crippen molar-refractivity contribution in [2.45, 2.75) is 52.0 Å². The molecule has 1 heterocycles. The second kappa shape index (κ2) is 19.0. The van der Waals surface area contributed by atoms with E-state index in [-0.39, 0.29) is 43.4 Å². The van der Waals surface area contributed by atoms with Crippen LogP contribution in [0.25, 0.3) is 0 Å². The van der Waals surface area contributed by atoms with Gasteiger partial charge in [-0.1, -0.05) is 42.1 Å². The number of methoxy groups -OCH3 is 1. The van der Waals surface area contributed by atoms with Gasteiger partial charge in [0.2, 0.25) is 11.0 Å². The molecule has 0 radical (unpaired) electrons. The molecule has 0 saturated heterocycles. The molecular formula is C34H42Cl2N9O4S-. The third-order valence-corrected chi connectivity index (χ3v) is 8.93. The van der Waals surface area contributed by atoms with Crippen molar-refractivity contribution in [2.75, 3.05) is 46.4 Å². The van der Waals surface area contributed by atoms with Crippen molar-refractivity contribution in [1.82, 2.24) is 5.10 Å². The van der Waals surface area contributed by atoms with Gasteiger partial charge in [-0.25, -0.2) is 4.79 Å². The topological polar surface area (TPSA) is 156 Å². The van der Waals surface area contributed by atoms with E-state index in [1.165, 1.54) is 37.5 Å². The van der Waals surface area contributed by atoms with Gasteiger partial charge in [0.1, 0.15) is 18.5 Å². The maximum absolute atomic E-state index is 12.4. The number of aliphatic hydroxyl groups is 1. The van der Waals surface area contributed by atoms with Gasteiger partial charge in [-0.2, -0.15) is 0 Å². The van der Waals surface area contributed by atoms with Crippen LogP contribution < -0.4 is 60.4 Å². The Hall–Kier alpha value is -4.50. The van der Waals surface area contributed by atoms with Crippen molar-refractivity contribution in [1.29, 1.82) is 0 Å². The molecule has 16 heteroatoms. The number of carbonyl (C=O) groups is 2. The van der Waals surface area contributed by atoms with Crippen LogP contribution in [0.15, 0.2) is 70.9 Å². The number of urea groups is 1. The lowest BCUT2D eigenvalue weighted by Gasteiger charge is -2.32. The molecule has 50 heavy (non-hydrogen) atoms. The van der Waals surface area contributed by atoms with E-state index in [2.05, 4.69) is 36.4 Å². The number of aliphatic hydroxyl groups excluding tert-OH is 1. The zero-order chi connectivity index (χ0) is 34.0. The molecule has 1 aliphatic rings. The monoisotopic (exact) mass is 742 g/mol. The highest BCUT2D eigenvalue weighted by atomic mass is 35.5. The largest absolute Gasteiger partial charge is 1.00 e. The number of aryl methyl sites for hydroxylation is 2. The Morgan fingerprint density at radius 2 is 1.56 bits per heavy atom. The summed E-state index contributed by atoms with van der Waals surface area (Å²) in [7, 11) is 3.36. The summed E-state index contributed by atoms with van der Waals surface area (Å²) in [4.78, 5) is 26.8. The minimum atomic E-state index is -0.346. The molecule has 1 aliphatic carbocycles. The molecule has 0 atom stereocenters. The van der Waals surface area contributed by atoms with Gasteiger partial charge in [0.15, 0.2) is 0 Å². The van der Waals surface area contributed by atoms with Crippen LogP contribution in [0.1, 0.15) is 44.6 Å². The van der Waals surface area contributed by atoms with Gasteiger partial charge < -0.3 is 60.8 Å². The molecule has 3 aromatic carbocycles. The normalized spacial score (nSPS) is 12.7. The summed E-state index contributed by atoms with van der Waals surface area (Å²) in [5, 5.41) is 36.6. The Morgan fingerprint density at radius 3 is 2.16 bits per heavy atom. The minimum absolute atomic E-state index is 0. The summed E-state index contributed by atoms with van der Waals surface area (Å²) in [5.74, 6) is 0.221. The van der Waals surface area contributed by atoms with Crippen molar-refractivity contribution in [3.63, 3.8) is 0 Å². The number of carbonyl (C=O) groups excluding carboxylic acids is 2. The number of rotatable bonds is 12. The van der Waals surface area contributed by atoms with Crippen LogP contribution >= 0.6 is 11.3 Å². The number of nitrogens with one attached hydrogen (secondary N) is 4. The molecule has 3 amide bonds. The lowest BCUT2D eigenvalue weighted by atomic mass is 9.94. The maximum Gasteiger partial charge on any atom is 0.431 e. The number of hydrogen-bond acceptors (Lipinski definition) is 10. The first kappa shape index (κ1) is 39.9. The van der Waals surface area contributed by atoms with Crippen molar-refractivity contribution < 1.29 is 48.9 Å². The van der Waals surface area contributed by atoms with Crippen LogP contribution in [0.2, 0.25) is 0 Å². The standard InChI is InChI=1S/C34H41N9O4S.2ClH/c1-22-10-12-25(13-11-22)37-32(46)38-26-16-14-24(15-17-26)36-30-20-28(35-23(2)45)29(21-31(30)47-4)39-40-33-42(3)41-34(48-33)43(18-19-44)27-8-6-5-7-9-27;;/h10-17,20-21,27,44H,5-9,18-19H2,1-4H3,(H3,35,36,37,38,39,45,46);2*1H/p-1. The number of ether oxygens (including phenoxy) is 1. The van der Waals surface area contributed by atoms with Gasteiger partial charge >= 0.3 is 11.2 Å². The third-order valence-electron chi connectivity index (χ3n) is 7.90. The Bertz CT molecular complexity index is 1750. The number of aromatic nitrogens is 2. The highest BCUT2D eigenvalue weighted by Gasteiger charge is 2.27. The number of benzene rings is 3. The molecule has 5 N–H and O–H groups in total. The van der Waals surface area contributed by atoms with Crippen molar-refractivity contribution in [3.05, 3.63) is 66.2 Å². The molecule has 1 fully saturated rings. The fourth-order valence-electron chi connectivity index (χ4n) is 5.50. The molecule has 1 aromatic heterocycles. The smallest absolute Gasteiger partial charge is 0.431 e. The van der Waals surface area contributed by atoms with E-state index in [1.54, 1.807) is 36.1 Å². The van der Waals surface area contributed by atoms with Gasteiger partial charge in [-0.05, 0) is 78.7 Å². The number of hydrogen-bond donors (Lipinski definition) is 5. The third kappa shape index (κ3) is 10.7. The quantitative estimate of drug-likeness (QED) is 0.108. The van der Waals surface area contributed by atoms with Crippen LogP contribution in [-0.4, -0.2) is 48.4 Å². The number of azo groups is 1. The van der Waals surface area contributed by atoms with E-state index >= 15 is 0 Å². The zero-order valence-electron chi connectivity index (χ0n) is 28.4. The first-order chi connectivity index (χ1) is 23.2. The molecule has 0 spiro atoms. The van der Waals surface area contributed by atoms with Gasteiger partial charge in [0.05, 0.1) is 30.2 Å². The molecule has 13 nitrogen and oxygen atoms in total. The Morgan fingerprint density at radius 1 is 0.940 bits per heavy atom. The number of halogens is 2. The Kier molecular flexibility index (Phi) is 15.2. The minimum Gasteiger partial charge on any atom is -1.00 e. The Balaban J connectivity index is 0.00000338. The van der Waals surface area contributed by atoms with Gasteiger partial charge in [0, 0.05) is 42.6 Å². The van der Waals surface area contributed by atoms with E-state index in [0.717, 1.165) is 29.2 Å². The molecule has 268 valence electrons. The first-order valence-corrected chi connectivity index (χ1v) is 16.7. The second-order valence-electron chi connectivity index (χ2n) is 11.6. The lowest BCUT2D eigenvalue weighted by Crippen LogP contribution is -3.00. The molecule has 0 aliphatic heterocycles.